The van der Waals surface area contributed by atoms with E-state index in [-0.39, 0.29) is 0 Å². The lowest BCUT2D eigenvalue weighted by Crippen LogP contribution is -1.93. The summed E-state index contributed by atoms with van der Waals surface area (Å²) >= 11 is 0. The van der Waals surface area contributed by atoms with Crippen LogP contribution in [0.25, 0.3) is 27.6 Å². The average Bonchev–Trinajstić information content (AvgIpc) is 3.33. The van der Waals surface area contributed by atoms with Crippen molar-refractivity contribution in [3.05, 3.63) is 84.0 Å². The molecule has 0 atom stereocenters. The third-order valence-electron chi connectivity index (χ3n) is 4.90. The number of rotatable bonds is 3. The van der Waals surface area contributed by atoms with E-state index in [9.17, 15) is 0 Å². The van der Waals surface area contributed by atoms with Gasteiger partial charge in [-0.3, -0.25) is 4.98 Å². The summed E-state index contributed by atoms with van der Waals surface area (Å²) in [6.45, 7) is 0. The van der Waals surface area contributed by atoms with Crippen molar-refractivity contribution in [3.8, 4) is 17.0 Å². The van der Waals surface area contributed by atoms with Gasteiger partial charge >= 0.3 is 0 Å². The molecule has 1 aromatic carbocycles. The number of H-pyrrole nitrogens is 1. The van der Waals surface area contributed by atoms with E-state index in [2.05, 4.69) is 51.4 Å². The fourth-order valence-electron chi connectivity index (χ4n) is 3.52. The monoisotopic (exact) mass is 339 g/mol. The smallest absolute Gasteiger partial charge is 0.212 e. The van der Waals surface area contributed by atoms with E-state index < -0.39 is 0 Å². The van der Waals surface area contributed by atoms with Crippen molar-refractivity contribution in [2.45, 2.75) is 6.42 Å². The van der Waals surface area contributed by atoms with Crippen molar-refractivity contribution in [2.24, 2.45) is 0 Å². The molecule has 0 bridgehead atoms. The quantitative estimate of drug-likeness (QED) is 0.592. The van der Waals surface area contributed by atoms with Crippen LogP contribution in [0.5, 0.6) is 5.88 Å². The number of aromatic nitrogens is 3. The highest BCUT2D eigenvalue weighted by atomic mass is 16.5. The Kier molecular flexibility index (Phi) is 3.35. The number of pyridine rings is 2. The number of benzene rings is 1. The summed E-state index contributed by atoms with van der Waals surface area (Å²) in [5.74, 6) is 0.614. The van der Waals surface area contributed by atoms with Gasteiger partial charge in [0.1, 0.15) is 0 Å². The van der Waals surface area contributed by atoms with Gasteiger partial charge in [0.2, 0.25) is 5.88 Å². The zero-order valence-electron chi connectivity index (χ0n) is 14.4. The highest BCUT2D eigenvalue weighted by Gasteiger charge is 2.18. The second-order valence-electron chi connectivity index (χ2n) is 6.41. The predicted molar refractivity (Wildman–Crippen MR) is 103 cm³/mol. The van der Waals surface area contributed by atoms with E-state index in [4.69, 9.17) is 4.74 Å². The minimum absolute atomic E-state index is 0.614. The summed E-state index contributed by atoms with van der Waals surface area (Å²) in [7, 11) is 1.62. The van der Waals surface area contributed by atoms with Crippen molar-refractivity contribution >= 4 is 16.5 Å². The van der Waals surface area contributed by atoms with Crippen molar-refractivity contribution in [3.63, 3.8) is 0 Å². The zero-order chi connectivity index (χ0) is 17.5. The Morgan fingerprint density at radius 3 is 2.65 bits per heavy atom. The molecule has 26 heavy (non-hydrogen) atoms. The lowest BCUT2D eigenvalue weighted by molar-refractivity contribution is 0.398. The van der Waals surface area contributed by atoms with Gasteiger partial charge < -0.3 is 9.72 Å². The number of hydrogen-bond donors (Lipinski definition) is 1. The number of aromatic amines is 1. The lowest BCUT2D eigenvalue weighted by atomic mass is 9.97. The number of nitrogens with zero attached hydrogens (tertiary/aromatic N) is 2. The Morgan fingerprint density at radius 1 is 0.923 bits per heavy atom. The van der Waals surface area contributed by atoms with Crippen LogP contribution in [-0.2, 0) is 6.42 Å². The van der Waals surface area contributed by atoms with Gasteiger partial charge in [0.05, 0.1) is 12.8 Å². The number of allylic oxidation sites excluding steroid dienone is 1. The second kappa shape index (κ2) is 5.85. The summed E-state index contributed by atoms with van der Waals surface area (Å²) in [5.41, 5.74) is 8.06. The van der Waals surface area contributed by atoms with Gasteiger partial charge in [0.25, 0.3) is 0 Å². The van der Waals surface area contributed by atoms with Crippen molar-refractivity contribution < 1.29 is 4.74 Å². The van der Waals surface area contributed by atoms with E-state index in [1.54, 1.807) is 7.11 Å². The van der Waals surface area contributed by atoms with Gasteiger partial charge in [-0.25, -0.2) is 4.98 Å². The Labute approximate surface area is 151 Å². The molecule has 1 aliphatic rings. The standard InChI is InChI=1S/C22H17N3O/c1-26-22-7-3-16(12-25-22)17-11-19-18(4-6-21(19)24-13-17)14-2-5-20-15(10-14)8-9-23-20/h2-5,7-13,23H,6H2,1H3. The van der Waals surface area contributed by atoms with Gasteiger partial charge in [-0.05, 0) is 46.9 Å². The van der Waals surface area contributed by atoms with Crippen molar-refractivity contribution in [2.75, 3.05) is 7.11 Å². The molecule has 3 aromatic heterocycles. The minimum atomic E-state index is 0.614. The van der Waals surface area contributed by atoms with Crippen LogP contribution in [-0.4, -0.2) is 22.1 Å². The minimum Gasteiger partial charge on any atom is -0.481 e. The van der Waals surface area contributed by atoms with Crippen LogP contribution in [0.1, 0.15) is 16.8 Å². The number of methoxy groups -OCH3 is 1. The fraction of sp³-hybridized carbons (Fsp3) is 0.0909. The maximum Gasteiger partial charge on any atom is 0.212 e. The molecule has 1 aliphatic carbocycles. The first-order chi connectivity index (χ1) is 12.8. The first kappa shape index (κ1) is 14.9. The first-order valence-electron chi connectivity index (χ1n) is 8.59. The zero-order valence-corrected chi connectivity index (χ0v) is 14.4. The molecule has 0 aliphatic heterocycles. The first-order valence-corrected chi connectivity index (χ1v) is 8.59. The van der Waals surface area contributed by atoms with Gasteiger partial charge in [-0.1, -0.05) is 12.1 Å². The fourth-order valence-corrected chi connectivity index (χ4v) is 3.52. The third kappa shape index (κ3) is 2.39. The van der Waals surface area contributed by atoms with Crippen LogP contribution in [0.3, 0.4) is 0 Å². The maximum absolute atomic E-state index is 5.14. The van der Waals surface area contributed by atoms with Crippen molar-refractivity contribution in [1.29, 1.82) is 0 Å². The molecule has 3 heterocycles. The molecular formula is C22H17N3O. The predicted octanol–water partition coefficient (Wildman–Crippen LogP) is 4.62. The Morgan fingerprint density at radius 2 is 1.81 bits per heavy atom. The molecule has 0 fully saturated rings. The maximum atomic E-state index is 5.14. The number of nitrogens with one attached hydrogen (secondary N) is 1. The average molecular weight is 339 g/mol. The Bertz CT molecular complexity index is 1140. The normalized spacial score (nSPS) is 12.9. The molecule has 126 valence electrons. The number of hydrogen-bond acceptors (Lipinski definition) is 3. The number of fused-ring (bicyclic) bond motifs is 2. The summed E-state index contributed by atoms with van der Waals surface area (Å²) in [6, 6.07) is 14.7. The highest BCUT2D eigenvalue weighted by Crippen LogP contribution is 2.35. The van der Waals surface area contributed by atoms with Crippen LogP contribution >= 0.6 is 0 Å². The Balaban J connectivity index is 1.56. The summed E-state index contributed by atoms with van der Waals surface area (Å²) in [4.78, 5) is 12.2. The lowest BCUT2D eigenvalue weighted by Gasteiger charge is -2.09. The van der Waals surface area contributed by atoms with Crippen LogP contribution in [0.2, 0.25) is 0 Å². The Hall–Kier alpha value is -3.40. The molecule has 0 unspecified atom stereocenters. The molecule has 1 N–H and O–H groups in total. The van der Waals surface area contributed by atoms with Gasteiger partial charge in [-0.15, -0.1) is 0 Å². The molecular weight excluding hydrogens is 322 g/mol. The van der Waals surface area contributed by atoms with Gasteiger partial charge in [-0.2, -0.15) is 0 Å². The van der Waals surface area contributed by atoms with E-state index >= 15 is 0 Å². The molecule has 0 saturated carbocycles. The van der Waals surface area contributed by atoms with E-state index in [1.165, 1.54) is 22.1 Å². The largest absolute Gasteiger partial charge is 0.481 e. The van der Waals surface area contributed by atoms with E-state index in [0.29, 0.717) is 5.88 Å². The van der Waals surface area contributed by atoms with Gasteiger partial charge in [0.15, 0.2) is 0 Å². The van der Waals surface area contributed by atoms with Crippen LogP contribution in [0.4, 0.5) is 0 Å². The second-order valence-corrected chi connectivity index (χ2v) is 6.41. The molecule has 0 saturated heterocycles. The van der Waals surface area contributed by atoms with Crippen LogP contribution in [0, 0.1) is 0 Å². The molecule has 0 amide bonds. The molecule has 5 rings (SSSR count). The van der Waals surface area contributed by atoms with Gasteiger partial charge in [0, 0.05) is 53.3 Å². The molecule has 4 aromatic rings. The summed E-state index contributed by atoms with van der Waals surface area (Å²) < 4.78 is 5.14. The molecule has 0 spiro atoms. The molecule has 4 heteroatoms. The van der Waals surface area contributed by atoms with Crippen LogP contribution in [0.15, 0.2) is 67.1 Å². The topological polar surface area (TPSA) is 50.8 Å². The van der Waals surface area contributed by atoms with E-state index in [0.717, 1.165) is 28.8 Å². The third-order valence-corrected chi connectivity index (χ3v) is 4.90. The molecule has 0 radical (unpaired) electrons. The number of ether oxygens (including phenoxy) is 1. The van der Waals surface area contributed by atoms with E-state index in [1.807, 2.05) is 30.7 Å². The van der Waals surface area contributed by atoms with Crippen LogP contribution < -0.4 is 4.74 Å². The highest BCUT2D eigenvalue weighted by molar-refractivity contribution is 5.90. The SMILES string of the molecule is COc1ccc(-c2cnc3c(c2)C(c2ccc4[nH]ccc4c2)=CC3)cn1. The molecule has 4 nitrogen and oxygen atoms in total. The summed E-state index contributed by atoms with van der Waals surface area (Å²) in [6.07, 6.45) is 8.86. The van der Waals surface area contributed by atoms with Crippen molar-refractivity contribution in [1.82, 2.24) is 15.0 Å². The summed E-state index contributed by atoms with van der Waals surface area (Å²) in [5, 5.41) is 1.22.